The molecular weight excluding hydrogens is 328 g/mol. The standard InChI is InChI=1S/C20H18N4O2/c1-13-7-9-14(10-8-13)11-21-19-17-18(24-26-20(17)23-12-22-19)15-5-3-4-6-16(15)25-2/h3-10,12H,11H2,1-2H3,(H,21,22,23). The number of ether oxygens (including phenoxy) is 1. The molecule has 0 amide bonds. The van der Waals surface area contributed by atoms with E-state index >= 15 is 0 Å². The van der Waals surface area contributed by atoms with Crippen molar-refractivity contribution in [3.63, 3.8) is 0 Å². The number of nitrogens with zero attached hydrogens (tertiary/aromatic N) is 3. The average Bonchev–Trinajstić information content (AvgIpc) is 3.12. The summed E-state index contributed by atoms with van der Waals surface area (Å²) >= 11 is 0. The lowest BCUT2D eigenvalue weighted by molar-refractivity contribution is 0.414. The smallest absolute Gasteiger partial charge is 0.263 e. The molecule has 0 saturated carbocycles. The highest BCUT2D eigenvalue weighted by molar-refractivity contribution is 5.98. The first kappa shape index (κ1) is 16.1. The van der Waals surface area contributed by atoms with Gasteiger partial charge in [0.25, 0.3) is 5.71 Å². The summed E-state index contributed by atoms with van der Waals surface area (Å²) in [6.45, 7) is 2.71. The lowest BCUT2D eigenvalue weighted by atomic mass is 10.1. The zero-order valence-electron chi connectivity index (χ0n) is 14.6. The van der Waals surface area contributed by atoms with Gasteiger partial charge in [0.05, 0.1) is 7.11 Å². The summed E-state index contributed by atoms with van der Waals surface area (Å²) < 4.78 is 10.9. The molecule has 0 aliphatic rings. The normalized spacial score (nSPS) is 10.8. The lowest BCUT2D eigenvalue weighted by Crippen LogP contribution is -2.02. The fourth-order valence-corrected chi connectivity index (χ4v) is 2.84. The number of hydrogen-bond donors (Lipinski definition) is 1. The van der Waals surface area contributed by atoms with Crippen molar-refractivity contribution < 1.29 is 9.26 Å². The maximum absolute atomic E-state index is 5.46. The second-order valence-corrected chi connectivity index (χ2v) is 5.97. The molecule has 0 saturated heterocycles. The van der Waals surface area contributed by atoms with Gasteiger partial charge in [0, 0.05) is 12.1 Å². The first-order valence-electron chi connectivity index (χ1n) is 8.29. The van der Waals surface area contributed by atoms with Gasteiger partial charge in [0.15, 0.2) is 0 Å². The Bertz CT molecular complexity index is 1040. The van der Waals surface area contributed by atoms with Gasteiger partial charge in [-0.25, -0.2) is 4.98 Å². The first-order valence-corrected chi connectivity index (χ1v) is 8.29. The largest absolute Gasteiger partial charge is 0.496 e. The van der Waals surface area contributed by atoms with Crippen LogP contribution in [-0.2, 0) is 6.54 Å². The Balaban J connectivity index is 1.74. The van der Waals surface area contributed by atoms with Crippen LogP contribution in [0.2, 0.25) is 0 Å². The van der Waals surface area contributed by atoms with E-state index in [-0.39, 0.29) is 0 Å². The zero-order valence-corrected chi connectivity index (χ0v) is 14.6. The van der Waals surface area contributed by atoms with E-state index in [1.165, 1.54) is 11.9 Å². The molecule has 6 heteroatoms. The van der Waals surface area contributed by atoms with Crippen LogP contribution in [0.1, 0.15) is 11.1 Å². The fourth-order valence-electron chi connectivity index (χ4n) is 2.84. The van der Waals surface area contributed by atoms with Crippen molar-refractivity contribution in [2.24, 2.45) is 0 Å². The monoisotopic (exact) mass is 346 g/mol. The van der Waals surface area contributed by atoms with Gasteiger partial charge < -0.3 is 14.6 Å². The quantitative estimate of drug-likeness (QED) is 0.583. The number of para-hydroxylation sites is 1. The SMILES string of the molecule is COc1ccccc1-c1noc2ncnc(NCc3ccc(C)cc3)c12. The number of aromatic nitrogens is 3. The van der Waals surface area contributed by atoms with Gasteiger partial charge in [-0.3, -0.25) is 0 Å². The predicted octanol–water partition coefficient (Wildman–Crippen LogP) is 4.21. The molecule has 0 atom stereocenters. The van der Waals surface area contributed by atoms with Gasteiger partial charge in [-0.1, -0.05) is 47.1 Å². The van der Waals surface area contributed by atoms with Crippen molar-refractivity contribution in [1.82, 2.24) is 15.1 Å². The summed E-state index contributed by atoms with van der Waals surface area (Å²) in [7, 11) is 1.63. The van der Waals surface area contributed by atoms with E-state index in [4.69, 9.17) is 9.26 Å². The van der Waals surface area contributed by atoms with Crippen LogP contribution in [0.25, 0.3) is 22.4 Å². The van der Waals surface area contributed by atoms with Crippen molar-refractivity contribution in [3.05, 3.63) is 66.0 Å². The minimum absolute atomic E-state index is 0.437. The topological polar surface area (TPSA) is 73.1 Å². The van der Waals surface area contributed by atoms with Gasteiger partial charge >= 0.3 is 0 Å². The summed E-state index contributed by atoms with van der Waals surface area (Å²) in [5, 5.41) is 8.31. The zero-order chi connectivity index (χ0) is 17.9. The number of nitrogens with one attached hydrogen (secondary N) is 1. The number of fused-ring (bicyclic) bond motifs is 1. The Labute approximate surface area is 150 Å². The summed E-state index contributed by atoms with van der Waals surface area (Å²) in [5.41, 5.74) is 4.33. The molecule has 2 aromatic heterocycles. The molecular formula is C20H18N4O2. The van der Waals surface area contributed by atoms with Crippen molar-refractivity contribution in [2.45, 2.75) is 13.5 Å². The van der Waals surface area contributed by atoms with Crippen LogP contribution in [0, 0.1) is 6.92 Å². The molecule has 0 spiro atoms. The van der Waals surface area contributed by atoms with E-state index in [0.717, 1.165) is 22.3 Å². The molecule has 4 aromatic rings. The minimum Gasteiger partial charge on any atom is -0.496 e. The Kier molecular flexibility index (Phi) is 4.23. The molecule has 0 aliphatic carbocycles. The second-order valence-electron chi connectivity index (χ2n) is 5.97. The van der Waals surface area contributed by atoms with Crippen LogP contribution in [0.5, 0.6) is 5.75 Å². The van der Waals surface area contributed by atoms with Crippen molar-refractivity contribution in [2.75, 3.05) is 12.4 Å². The summed E-state index contributed by atoms with van der Waals surface area (Å²) in [4.78, 5) is 8.58. The fraction of sp³-hybridized carbons (Fsp3) is 0.150. The Morgan fingerprint density at radius 3 is 2.65 bits per heavy atom. The molecule has 26 heavy (non-hydrogen) atoms. The molecule has 0 unspecified atom stereocenters. The number of benzene rings is 2. The molecule has 0 bridgehead atoms. The molecule has 6 nitrogen and oxygen atoms in total. The van der Waals surface area contributed by atoms with Crippen LogP contribution in [0.4, 0.5) is 5.82 Å². The maximum Gasteiger partial charge on any atom is 0.263 e. The van der Waals surface area contributed by atoms with Crippen LogP contribution in [0.3, 0.4) is 0 Å². The van der Waals surface area contributed by atoms with Crippen LogP contribution < -0.4 is 10.1 Å². The predicted molar refractivity (Wildman–Crippen MR) is 100 cm³/mol. The van der Waals surface area contributed by atoms with E-state index in [1.54, 1.807) is 7.11 Å². The first-order chi connectivity index (χ1) is 12.8. The molecule has 0 fully saturated rings. The van der Waals surface area contributed by atoms with E-state index in [0.29, 0.717) is 23.8 Å². The molecule has 4 rings (SSSR count). The number of anilines is 1. The molecule has 1 N–H and O–H groups in total. The molecule has 2 aromatic carbocycles. The highest BCUT2D eigenvalue weighted by atomic mass is 16.5. The Morgan fingerprint density at radius 1 is 1.04 bits per heavy atom. The van der Waals surface area contributed by atoms with E-state index in [2.05, 4.69) is 51.6 Å². The highest BCUT2D eigenvalue weighted by Gasteiger charge is 2.19. The van der Waals surface area contributed by atoms with Gasteiger partial charge in [0.2, 0.25) is 0 Å². The van der Waals surface area contributed by atoms with Gasteiger partial charge in [0.1, 0.15) is 29.0 Å². The van der Waals surface area contributed by atoms with Gasteiger partial charge in [-0.2, -0.15) is 4.98 Å². The van der Waals surface area contributed by atoms with Gasteiger partial charge in [-0.05, 0) is 24.6 Å². The summed E-state index contributed by atoms with van der Waals surface area (Å²) in [6, 6.07) is 16.0. The number of hydrogen-bond acceptors (Lipinski definition) is 6. The van der Waals surface area contributed by atoms with Crippen LogP contribution >= 0.6 is 0 Å². The van der Waals surface area contributed by atoms with E-state index in [1.807, 2.05) is 24.3 Å². The summed E-state index contributed by atoms with van der Waals surface area (Å²) in [5.74, 6) is 1.40. The third-order valence-corrected chi connectivity index (χ3v) is 4.22. The third-order valence-electron chi connectivity index (χ3n) is 4.22. The number of rotatable bonds is 5. The van der Waals surface area contributed by atoms with Crippen molar-refractivity contribution in [1.29, 1.82) is 0 Å². The van der Waals surface area contributed by atoms with Crippen LogP contribution in [0.15, 0.2) is 59.4 Å². The average molecular weight is 346 g/mol. The number of aryl methyl sites for hydroxylation is 1. The number of methoxy groups -OCH3 is 1. The highest BCUT2D eigenvalue weighted by Crippen LogP contribution is 2.36. The second kappa shape index (κ2) is 6.84. The molecule has 130 valence electrons. The lowest BCUT2D eigenvalue weighted by Gasteiger charge is -2.09. The van der Waals surface area contributed by atoms with Gasteiger partial charge in [-0.15, -0.1) is 0 Å². The molecule has 0 radical (unpaired) electrons. The van der Waals surface area contributed by atoms with Crippen molar-refractivity contribution in [3.8, 4) is 17.0 Å². The van der Waals surface area contributed by atoms with Crippen molar-refractivity contribution >= 4 is 16.9 Å². The molecule has 0 aliphatic heterocycles. The molecule has 2 heterocycles. The minimum atomic E-state index is 0.437. The Hall–Kier alpha value is -3.41. The third kappa shape index (κ3) is 2.97. The van der Waals surface area contributed by atoms with E-state index in [9.17, 15) is 0 Å². The maximum atomic E-state index is 5.46. The van der Waals surface area contributed by atoms with E-state index < -0.39 is 0 Å². The van der Waals surface area contributed by atoms with Crippen LogP contribution in [-0.4, -0.2) is 22.2 Å². The Morgan fingerprint density at radius 2 is 1.85 bits per heavy atom. The summed E-state index contributed by atoms with van der Waals surface area (Å²) in [6.07, 6.45) is 1.47.